The number of amides is 2. The minimum atomic E-state index is -0.773. The van der Waals surface area contributed by atoms with Crippen molar-refractivity contribution in [3.8, 4) is 0 Å². The van der Waals surface area contributed by atoms with Crippen molar-refractivity contribution in [2.75, 3.05) is 34.2 Å². The Labute approximate surface area is 146 Å². The van der Waals surface area contributed by atoms with Crippen LogP contribution in [0.3, 0.4) is 0 Å². The van der Waals surface area contributed by atoms with E-state index in [4.69, 9.17) is 0 Å². The fourth-order valence-corrected chi connectivity index (χ4v) is 2.19. The fraction of sp³-hybridized carbons (Fsp3) is 0.833. The van der Waals surface area contributed by atoms with Crippen LogP contribution in [0.4, 0.5) is 0 Å². The summed E-state index contributed by atoms with van der Waals surface area (Å²) >= 11 is 0. The van der Waals surface area contributed by atoms with Gasteiger partial charge in [-0.1, -0.05) is 41.5 Å². The maximum absolute atomic E-state index is 12.8. The molecule has 6 heteroatoms. The number of rotatable bonds is 7. The number of carbonyl (C=O) groups is 3. The maximum atomic E-state index is 12.8. The van der Waals surface area contributed by atoms with Crippen LogP contribution in [0.2, 0.25) is 0 Å². The summed E-state index contributed by atoms with van der Waals surface area (Å²) in [6.45, 7) is 12.1. The second kappa shape index (κ2) is 8.60. The van der Waals surface area contributed by atoms with Crippen LogP contribution in [0.25, 0.3) is 0 Å². The molecule has 1 N–H and O–H groups in total. The maximum Gasteiger partial charge on any atom is 0.245 e. The third-order valence-corrected chi connectivity index (χ3v) is 4.00. The van der Waals surface area contributed by atoms with Crippen molar-refractivity contribution in [2.45, 2.75) is 54.0 Å². The second-order valence-corrected chi connectivity index (χ2v) is 8.42. The van der Waals surface area contributed by atoms with E-state index in [9.17, 15) is 14.4 Å². The van der Waals surface area contributed by atoms with E-state index in [0.29, 0.717) is 13.1 Å². The zero-order valence-corrected chi connectivity index (χ0v) is 16.8. The average molecular weight is 341 g/mol. The van der Waals surface area contributed by atoms with Crippen molar-refractivity contribution >= 4 is 17.6 Å². The molecule has 0 heterocycles. The molecule has 0 aromatic carbocycles. The fourth-order valence-electron chi connectivity index (χ4n) is 2.19. The van der Waals surface area contributed by atoms with E-state index >= 15 is 0 Å². The number of hydrogen-bond donors (Lipinski definition) is 1. The van der Waals surface area contributed by atoms with Gasteiger partial charge in [-0.25, -0.2) is 0 Å². The standard InChI is InChI=1S/C18H35N3O3/c1-17(2,3)14(22)12-13(15(23)20(8)11-10-19-7)21(9)16(24)18(4,5)6/h13,19H,10-12H2,1-9H3. The summed E-state index contributed by atoms with van der Waals surface area (Å²) in [6, 6.07) is -0.773. The molecule has 0 saturated carbocycles. The molecule has 0 saturated heterocycles. The largest absolute Gasteiger partial charge is 0.343 e. The third kappa shape index (κ3) is 6.59. The number of nitrogens with zero attached hydrogens (tertiary/aromatic N) is 2. The highest BCUT2D eigenvalue weighted by atomic mass is 16.2. The number of nitrogens with one attached hydrogen (secondary N) is 1. The molecule has 1 atom stereocenters. The molecule has 0 aromatic rings. The first-order valence-electron chi connectivity index (χ1n) is 8.43. The SMILES string of the molecule is CNCCN(C)C(=O)C(CC(=O)C(C)(C)C)N(C)C(=O)C(C)(C)C. The summed E-state index contributed by atoms with van der Waals surface area (Å²) in [7, 11) is 5.12. The van der Waals surface area contributed by atoms with E-state index in [1.807, 2.05) is 48.6 Å². The van der Waals surface area contributed by atoms with Gasteiger partial charge in [0, 0.05) is 44.4 Å². The van der Waals surface area contributed by atoms with Gasteiger partial charge in [0.15, 0.2) is 0 Å². The number of carbonyl (C=O) groups excluding carboxylic acids is 3. The van der Waals surface area contributed by atoms with E-state index < -0.39 is 16.9 Å². The molecule has 2 amide bonds. The Morgan fingerprint density at radius 3 is 1.83 bits per heavy atom. The highest BCUT2D eigenvalue weighted by Crippen LogP contribution is 2.23. The zero-order valence-electron chi connectivity index (χ0n) is 16.8. The first kappa shape index (κ1) is 22.6. The van der Waals surface area contributed by atoms with Crippen molar-refractivity contribution in [1.29, 1.82) is 0 Å². The molecule has 140 valence electrons. The number of hydrogen-bond acceptors (Lipinski definition) is 4. The Bertz CT molecular complexity index is 461. The molecular formula is C18H35N3O3. The Kier molecular flexibility index (Phi) is 8.09. The van der Waals surface area contributed by atoms with Gasteiger partial charge < -0.3 is 15.1 Å². The van der Waals surface area contributed by atoms with Gasteiger partial charge in [-0.15, -0.1) is 0 Å². The average Bonchev–Trinajstić information content (AvgIpc) is 2.45. The molecule has 0 bridgehead atoms. The first-order valence-corrected chi connectivity index (χ1v) is 8.43. The number of ketones is 1. The van der Waals surface area contributed by atoms with E-state index in [0.717, 1.165) is 0 Å². The summed E-state index contributed by atoms with van der Waals surface area (Å²) in [5.74, 6) is -0.385. The summed E-state index contributed by atoms with van der Waals surface area (Å²) in [6.07, 6.45) is 0.0323. The molecule has 1 unspecified atom stereocenters. The van der Waals surface area contributed by atoms with Gasteiger partial charge in [0.25, 0.3) is 0 Å². The van der Waals surface area contributed by atoms with Crippen LogP contribution < -0.4 is 5.32 Å². The quantitative estimate of drug-likeness (QED) is 0.763. The lowest BCUT2D eigenvalue weighted by Crippen LogP contribution is -2.53. The molecule has 0 fully saturated rings. The van der Waals surface area contributed by atoms with Gasteiger partial charge in [-0.2, -0.15) is 0 Å². The Morgan fingerprint density at radius 2 is 1.46 bits per heavy atom. The van der Waals surface area contributed by atoms with Crippen LogP contribution in [0, 0.1) is 10.8 Å². The topological polar surface area (TPSA) is 69.7 Å². The van der Waals surface area contributed by atoms with Crippen molar-refractivity contribution in [3.63, 3.8) is 0 Å². The Balaban J connectivity index is 5.47. The summed E-state index contributed by atoms with van der Waals surface area (Å²) < 4.78 is 0. The molecule has 0 aliphatic heterocycles. The van der Waals surface area contributed by atoms with Gasteiger partial charge in [0.1, 0.15) is 11.8 Å². The molecule has 0 aromatic heterocycles. The van der Waals surface area contributed by atoms with Crippen LogP contribution >= 0.6 is 0 Å². The van der Waals surface area contributed by atoms with Crippen LogP contribution in [0.15, 0.2) is 0 Å². The van der Waals surface area contributed by atoms with Crippen LogP contribution in [0.1, 0.15) is 48.0 Å². The number of likely N-dealkylation sites (N-methyl/N-ethyl adjacent to an activating group) is 3. The number of Topliss-reactive ketones (excluding diaryl/α,β-unsaturated/α-hetero) is 1. The molecule has 6 nitrogen and oxygen atoms in total. The van der Waals surface area contributed by atoms with Gasteiger partial charge in [-0.3, -0.25) is 14.4 Å². The van der Waals surface area contributed by atoms with Crippen LogP contribution in [0.5, 0.6) is 0 Å². The Hall–Kier alpha value is -1.43. The van der Waals surface area contributed by atoms with Crippen molar-refractivity contribution < 1.29 is 14.4 Å². The molecule has 0 spiro atoms. The summed E-state index contributed by atoms with van der Waals surface area (Å²) in [5, 5.41) is 2.99. The second-order valence-electron chi connectivity index (χ2n) is 8.42. The lowest BCUT2D eigenvalue weighted by molar-refractivity contribution is -0.150. The monoisotopic (exact) mass is 341 g/mol. The van der Waals surface area contributed by atoms with Gasteiger partial charge in [0.05, 0.1) is 0 Å². The predicted molar refractivity (Wildman–Crippen MR) is 96.7 cm³/mol. The predicted octanol–water partition coefficient (Wildman–Crippen LogP) is 1.54. The summed E-state index contributed by atoms with van der Waals surface area (Å²) in [5.41, 5.74) is -1.16. The molecule has 0 aliphatic rings. The molecule has 24 heavy (non-hydrogen) atoms. The normalized spacial score (nSPS) is 13.4. The van der Waals surface area contributed by atoms with Crippen LogP contribution in [-0.4, -0.2) is 67.7 Å². The Morgan fingerprint density at radius 1 is 0.958 bits per heavy atom. The minimum Gasteiger partial charge on any atom is -0.343 e. The van der Waals surface area contributed by atoms with E-state index in [1.54, 1.807) is 19.0 Å². The third-order valence-electron chi connectivity index (χ3n) is 4.00. The lowest BCUT2D eigenvalue weighted by Gasteiger charge is -2.35. The highest BCUT2D eigenvalue weighted by molar-refractivity contribution is 5.94. The summed E-state index contributed by atoms with van der Waals surface area (Å²) in [4.78, 5) is 40.9. The molecule has 0 aliphatic carbocycles. The molecule has 0 radical (unpaired) electrons. The first-order chi connectivity index (χ1) is 10.7. The van der Waals surface area contributed by atoms with Gasteiger partial charge in [-0.05, 0) is 7.05 Å². The van der Waals surface area contributed by atoms with E-state index in [2.05, 4.69) is 5.32 Å². The van der Waals surface area contributed by atoms with Gasteiger partial charge >= 0.3 is 0 Å². The smallest absolute Gasteiger partial charge is 0.245 e. The molecular weight excluding hydrogens is 306 g/mol. The van der Waals surface area contributed by atoms with Crippen molar-refractivity contribution in [1.82, 2.24) is 15.1 Å². The molecule has 0 rings (SSSR count). The zero-order chi connectivity index (χ0) is 19.3. The van der Waals surface area contributed by atoms with Crippen LogP contribution in [-0.2, 0) is 14.4 Å². The minimum absolute atomic E-state index is 0.0311. The van der Waals surface area contributed by atoms with E-state index in [1.165, 1.54) is 4.90 Å². The van der Waals surface area contributed by atoms with Gasteiger partial charge in [0.2, 0.25) is 11.8 Å². The van der Waals surface area contributed by atoms with Crippen molar-refractivity contribution in [3.05, 3.63) is 0 Å². The highest BCUT2D eigenvalue weighted by Gasteiger charge is 2.37. The van der Waals surface area contributed by atoms with Crippen molar-refractivity contribution in [2.24, 2.45) is 10.8 Å². The van der Waals surface area contributed by atoms with E-state index in [-0.39, 0.29) is 24.0 Å². The lowest BCUT2D eigenvalue weighted by atomic mass is 9.86.